The van der Waals surface area contributed by atoms with E-state index in [9.17, 15) is 0 Å². The summed E-state index contributed by atoms with van der Waals surface area (Å²) in [6.07, 6.45) is 8.43. The summed E-state index contributed by atoms with van der Waals surface area (Å²) in [6.45, 7) is 0. The Bertz CT molecular complexity index is 280. The van der Waals surface area contributed by atoms with Crippen molar-refractivity contribution in [2.75, 3.05) is 7.05 Å². The van der Waals surface area contributed by atoms with E-state index < -0.39 is 0 Å². The summed E-state index contributed by atoms with van der Waals surface area (Å²) in [5.41, 5.74) is 1.22. The molecular formula is C13H20N2. The molecule has 1 aromatic heterocycles. The van der Waals surface area contributed by atoms with Crippen molar-refractivity contribution >= 4 is 0 Å². The van der Waals surface area contributed by atoms with Gasteiger partial charge in [0, 0.05) is 17.9 Å². The van der Waals surface area contributed by atoms with Gasteiger partial charge in [0.1, 0.15) is 0 Å². The molecule has 0 saturated heterocycles. The van der Waals surface area contributed by atoms with Crippen LogP contribution in [0.3, 0.4) is 0 Å². The molecule has 1 atom stereocenters. The first kappa shape index (κ1) is 10.6. The van der Waals surface area contributed by atoms with Gasteiger partial charge >= 0.3 is 0 Å². The number of nitrogens with one attached hydrogen (secondary N) is 1. The number of rotatable bonds is 6. The second-order valence-electron chi connectivity index (χ2n) is 4.52. The molecule has 0 aromatic carbocycles. The standard InChI is InChI=1S/C13H20N2/c1-14-13(10-11-5-6-11)8-7-12-4-2-3-9-15-12/h2-4,9,11,13-14H,5-8,10H2,1H3. The first-order valence-electron chi connectivity index (χ1n) is 5.95. The van der Waals surface area contributed by atoms with Gasteiger partial charge in [-0.2, -0.15) is 0 Å². The summed E-state index contributed by atoms with van der Waals surface area (Å²) >= 11 is 0. The third-order valence-corrected chi connectivity index (χ3v) is 3.20. The minimum atomic E-state index is 0.680. The Hall–Kier alpha value is -0.890. The van der Waals surface area contributed by atoms with Gasteiger partial charge < -0.3 is 5.32 Å². The summed E-state index contributed by atoms with van der Waals surface area (Å²) in [5.74, 6) is 1.01. The predicted octanol–water partition coefficient (Wildman–Crippen LogP) is 2.40. The molecule has 2 rings (SSSR count). The monoisotopic (exact) mass is 204 g/mol. The molecule has 0 amide bonds. The van der Waals surface area contributed by atoms with E-state index in [0.717, 1.165) is 12.3 Å². The van der Waals surface area contributed by atoms with E-state index in [4.69, 9.17) is 0 Å². The van der Waals surface area contributed by atoms with E-state index >= 15 is 0 Å². The van der Waals surface area contributed by atoms with Crippen LogP contribution in [0.25, 0.3) is 0 Å². The summed E-state index contributed by atoms with van der Waals surface area (Å²) < 4.78 is 0. The van der Waals surface area contributed by atoms with Gasteiger partial charge in [0.2, 0.25) is 0 Å². The molecule has 0 spiro atoms. The molecule has 1 heterocycles. The highest BCUT2D eigenvalue weighted by atomic mass is 14.9. The first-order valence-corrected chi connectivity index (χ1v) is 5.95. The Kier molecular flexibility index (Phi) is 3.73. The SMILES string of the molecule is CNC(CCc1ccccn1)CC1CC1. The van der Waals surface area contributed by atoms with Crippen molar-refractivity contribution in [1.82, 2.24) is 10.3 Å². The number of aromatic nitrogens is 1. The summed E-state index contributed by atoms with van der Waals surface area (Å²) in [6, 6.07) is 6.84. The molecule has 1 saturated carbocycles. The van der Waals surface area contributed by atoms with Gasteiger partial charge in [-0.25, -0.2) is 0 Å². The molecule has 1 fully saturated rings. The number of pyridine rings is 1. The highest BCUT2D eigenvalue weighted by molar-refractivity contribution is 5.03. The average molecular weight is 204 g/mol. The molecule has 1 N–H and O–H groups in total. The van der Waals surface area contributed by atoms with Gasteiger partial charge in [0.05, 0.1) is 0 Å². The van der Waals surface area contributed by atoms with Crippen LogP contribution in [-0.2, 0) is 6.42 Å². The molecule has 1 aliphatic carbocycles. The smallest absolute Gasteiger partial charge is 0.0404 e. The van der Waals surface area contributed by atoms with Crippen molar-refractivity contribution in [3.63, 3.8) is 0 Å². The Labute approximate surface area is 92.1 Å². The molecule has 0 bridgehead atoms. The summed E-state index contributed by atoms with van der Waals surface area (Å²) in [5, 5.41) is 3.42. The van der Waals surface area contributed by atoms with Gasteiger partial charge in [-0.3, -0.25) is 4.98 Å². The lowest BCUT2D eigenvalue weighted by Gasteiger charge is -2.15. The topological polar surface area (TPSA) is 24.9 Å². The van der Waals surface area contributed by atoms with E-state index in [2.05, 4.69) is 29.5 Å². The normalized spacial score (nSPS) is 17.7. The van der Waals surface area contributed by atoms with E-state index in [0.29, 0.717) is 6.04 Å². The van der Waals surface area contributed by atoms with E-state index in [-0.39, 0.29) is 0 Å². The Balaban J connectivity index is 1.75. The van der Waals surface area contributed by atoms with Gasteiger partial charge in [0.15, 0.2) is 0 Å². The van der Waals surface area contributed by atoms with Crippen molar-refractivity contribution in [1.29, 1.82) is 0 Å². The maximum absolute atomic E-state index is 4.35. The van der Waals surface area contributed by atoms with Crippen LogP contribution >= 0.6 is 0 Å². The van der Waals surface area contributed by atoms with Crippen LogP contribution in [0.2, 0.25) is 0 Å². The number of hydrogen-bond acceptors (Lipinski definition) is 2. The maximum Gasteiger partial charge on any atom is 0.0404 e. The number of nitrogens with zero attached hydrogens (tertiary/aromatic N) is 1. The Morgan fingerprint density at radius 3 is 2.93 bits per heavy atom. The first-order chi connectivity index (χ1) is 7.38. The van der Waals surface area contributed by atoms with Crippen LogP contribution in [0.4, 0.5) is 0 Å². The van der Waals surface area contributed by atoms with Gasteiger partial charge in [-0.1, -0.05) is 18.9 Å². The van der Waals surface area contributed by atoms with Crippen molar-refractivity contribution in [3.05, 3.63) is 30.1 Å². The molecule has 1 unspecified atom stereocenters. The molecule has 2 nitrogen and oxygen atoms in total. The van der Waals surface area contributed by atoms with Crippen LogP contribution in [0, 0.1) is 5.92 Å². The molecule has 82 valence electrons. The lowest BCUT2D eigenvalue weighted by atomic mass is 10.0. The molecule has 0 aliphatic heterocycles. The molecular weight excluding hydrogens is 184 g/mol. The van der Waals surface area contributed by atoms with Crippen molar-refractivity contribution in [2.24, 2.45) is 5.92 Å². The largest absolute Gasteiger partial charge is 0.317 e. The van der Waals surface area contributed by atoms with Crippen molar-refractivity contribution in [2.45, 2.75) is 38.1 Å². The third kappa shape index (κ3) is 3.63. The van der Waals surface area contributed by atoms with Gasteiger partial charge in [0.25, 0.3) is 0 Å². The fourth-order valence-corrected chi connectivity index (χ4v) is 2.00. The minimum Gasteiger partial charge on any atom is -0.317 e. The zero-order valence-electron chi connectivity index (χ0n) is 9.45. The maximum atomic E-state index is 4.35. The van der Waals surface area contributed by atoms with Crippen LogP contribution in [-0.4, -0.2) is 18.1 Å². The zero-order valence-corrected chi connectivity index (χ0v) is 9.45. The van der Waals surface area contributed by atoms with Crippen LogP contribution < -0.4 is 5.32 Å². The van der Waals surface area contributed by atoms with Crippen molar-refractivity contribution < 1.29 is 0 Å². The summed E-state index contributed by atoms with van der Waals surface area (Å²) in [4.78, 5) is 4.35. The number of aryl methyl sites for hydroxylation is 1. The minimum absolute atomic E-state index is 0.680. The average Bonchev–Trinajstić information content (AvgIpc) is 3.09. The van der Waals surface area contributed by atoms with Crippen LogP contribution in [0.1, 0.15) is 31.4 Å². The Morgan fingerprint density at radius 1 is 1.47 bits per heavy atom. The highest BCUT2D eigenvalue weighted by Gasteiger charge is 2.24. The van der Waals surface area contributed by atoms with Gasteiger partial charge in [-0.05, 0) is 44.4 Å². The quantitative estimate of drug-likeness (QED) is 0.769. The molecule has 1 aromatic rings. The van der Waals surface area contributed by atoms with E-state index in [1.807, 2.05) is 12.3 Å². The molecule has 0 radical (unpaired) electrons. The predicted molar refractivity (Wildman–Crippen MR) is 62.7 cm³/mol. The molecule has 2 heteroatoms. The molecule has 15 heavy (non-hydrogen) atoms. The lowest BCUT2D eigenvalue weighted by Crippen LogP contribution is -2.26. The fraction of sp³-hybridized carbons (Fsp3) is 0.615. The second-order valence-corrected chi connectivity index (χ2v) is 4.52. The van der Waals surface area contributed by atoms with E-state index in [1.54, 1.807) is 0 Å². The summed E-state index contributed by atoms with van der Waals surface area (Å²) in [7, 11) is 2.07. The lowest BCUT2D eigenvalue weighted by molar-refractivity contribution is 0.462. The van der Waals surface area contributed by atoms with Crippen molar-refractivity contribution in [3.8, 4) is 0 Å². The van der Waals surface area contributed by atoms with Crippen LogP contribution in [0.5, 0.6) is 0 Å². The number of hydrogen-bond donors (Lipinski definition) is 1. The molecule has 1 aliphatic rings. The third-order valence-electron chi connectivity index (χ3n) is 3.20. The Morgan fingerprint density at radius 2 is 2.33 bits per heavy atom. The highest BCUT2D eigenvalue weighted by Crippen LogP contribution is 2.34. The zero-order chi connectivity index (χ0) is 10.5. The second kappa shape index (κ2) is 5.26. The van der Waals surface area contributed by atoms with Crippen LogP contribution in [0.15, 0.2) is 24.4 Å². The fourth-order valence-electron chi connectivity index (χ4n) is 2.00. The van der Waals surface area contributed by atoms with E-state index in [1.165, 1.54) is 31.4 Å². The van der Waals surface area contributed by atoms with Gasteiger partial charge in [-0.15, -0.1) is 0 Å².